The first kappa shape index (κ1) is 15.0. The van der Waals surface area contributed by atoms with Crippen LogP contribution in [-0.4, -0.2) is 47.9 Å². The molecule has 0 aromatic carbocycles. The Hall–Kier alpha value is -0.950. The first-order valence-corrected chi connectivity index (χ1v) is 8.43. The van der Waals surface area contributed by atoms with Crippen molar-refractivity contribution in [3.8, 4) is 0 Å². The summed E-state index contributed by atoms with van der Waals surface area (Å²) in [5.41, 5.74) is 0.974. The van der Waals surface area contributed by atoms with Gasteiger partial charge in [-0.05, 0) is 6.54 Å². The monoisotopic (exact) mass is 309 g/mol. The second-order valence-corrected chi connectivity index (χ2v) is 6.39. The van der Waals surface area contributed by atoms with Gasteiger partial charge in [0.1, 0.15) is 0 Å². The molecule has 1 atom stereocenters. The van der Waals surface area contributed by atoms with Gasteiger partial charge in [0.15, 0.2) is 4.96 Å². The Balaban J connectivity index is 1.81. The summed E-state index contributed by atoms with van der Waals surface area (Å²) in [5, 5.41) is 5.66. The molecule has 1 saturated heterocycles. The maximum absolute atomic E-state index is 5.95. The Morgan fingerprint density at radius 1 is 1.52 bits per heavy atom. The van der Waals surface area contributed by atoms with E-state index in [0.717, 1.165) is 49.7 Å². The van der Waals surface area contributed by atoms with Gasteiger partial charge < -0.3 is 14.8 Å². The molecule has 6 heteroatoms. The number of nitrogens with zero attached hydrogens (tertiary/aromatic N) is 2. The number of rotatable bonds is 6. The molecule has 2 aromatic heterocycles. The van der Waals surface area contributed by atoms with Crippen LogP contribution in [0.1, 0.15) is 25.5 Å². The Morgan fingerprint density at radius 2 is 2.33 bits per heavy atom. The molecular formula is C15H23N3O2S. The molecule has 0 amide bonds. The first-order valence-electron chi connectivity index (χ1n) is 7.55. The van der Waals surface area contributed by atoms with Crippen LogP contribution in [0.4, 0.5) is 0 Å². The summed E-state index contributed by atoms with van der Waals surface area (Å²) in [6.07, 6.45) is 6.93. The van der Waals surface area contributed by atoms with Gasteiger partial charge in [-0.3, -0.25) is 4.40 Å². The minimum absolute atomic E-state index is 0.148. The van der Waals surface area contributed by atoms with E-state index in [9.17, 15) is 0 Å². The van der Waals surface area contributed by atoms with Crippen molar-refractivity contribution in [2.45, 2.75) is 37.8 Å². The van der Waals surface area contributed by atoms with E-state index in [-0.39, 0.29) is 11.6 Å². The average molecular weight is 309 g/mol. The predicted octanol–water partition coefficient (Wildman–Crippen LogP) is 2.11. The standard InChI is InChI=1S/C15H23N3O2S/c1-3-16-13(15(19-2)4-7-20-8-5-15)10-12-11-18-6-9-21-14(18)17-12/h6,9,11,13,16H,3-5,7-8,10H2,1-2H3. The van der Waals surface area contributed by atoms with Crippen molar-refractivity contribution in [3.63, 3.8) is 0 Å². The lowest BCUT2D eigenvalue weighted by Crippen LogP contribution is -2.56. The summed E-state index contributed by atoms with van der Waals surface area (Å²) < 4.78 is 13.6. The normalized spacial score (nSPS) is 19.9. The smallest absolute Gasteiger partial charge is 0.193 e. The molecule has 1 aliphatic heterocycles. The number of nitrogens with one attached hydrogen (secondary N) is 1. The van der Waals surface area contributed by atoms with Gasteiger partial charge in [0.25, 0.3) is 0 Å². The van der Waals surface area contributed by atoms with Crippen molar-refractivity contribution in [3.05, 3.63) is 23.5 Å². The van der Waals surface area contributed by atoms with Crippen molar-refractivity contribution in [2.24, 2.45) is 0 Å². The van der Waals surface area contributed by atoms with Gasteiger partial charge in [0.2, 0.25) is 0 Å². The molecule has 1 N–H and O–H groups in total. The lowest BCUT2D eigenvalue weighted by molar-refractivity contribution is -0.110. The molecule has 0 aliphatic carbocycles. The molecule has 0 bridgehead atoms. The van der Waals surface area contributed by atoms with Crippen LogP contribution in [0.3, 0.4) is 0 Å². The number of aromatic nitrogens is 2. The number of hydrogen-bond acceptors (Lipinski definition) is 5. The molecule has 3 rings (SSSR count). The highest BCUT2D eigenvalue weighted by Gasteiger charge is 2.40. The number of methoxy groups -OCH3 is 1. The van der Waals surface area contributed by atoms with E-state index in [1.165, 1.54) is 0 Å². The van der Waals surface area contributed by atoms with Gasteiger partial charge in [-0.1, -0.05) is 6.92 Å². The van der Waals surface area contributed by atoms with E-state index in [2.05, 4.69) is 34.4 Å². The van der Waals surface area contributed by atoms with Gasteiger partial charge >= 0.3 is 0 Å². The topological polar surface area (TPSA) is 47.8 Å². The second kappa shape index (κ2) is 6.44. The molecule has 116 valence electrons. The van der Waals surface area contributed by atoms with Crippen LogP contribution in [0, 0.1) is 0 Å². The maximum atomic E-state index is 5.95. The molecule has 21 heavy (non-hydrogen) atoms. The summed E-state index contributed by atoms with van der Waals surface area (Å²) >= 11 is 1.67. The number of fused-ring (bicyclic) bond motifs is 1. The van der Waals surface area contributed by atoms with Gasteiger partial charge in [-0.2, -0.15) is 0 Å². The van der Waals surface area contributed by atoms with Gasteiger partial charge in [0.05, 0.1) is 11.3 Å². The molecule has 1 unspecified atom stereocenters. The van der Waals surface area contributed by atoms with Crippen molar-refractivity contribution in [2.75, 3.05) is 26.9 Å². The van der Waals surface area contributed by atoms with Gasteiger partial charge in [0, 0.05) is 63.4 Å². The zero-order valence-corrected chi connectivity index (χ0v) is 13.5. The molecular weight excluding hydrogens is 286 g/mol. The molecule has 0 spiro atoms. The lowest BCUT2D eigenvalue weighted by Gasteiger charge is -2.42. The van der Waals surface area contributed by atoms with E-state index >= 15 is 0 Å². The number of likely N-dealkylation sites (N-methyl/N-ethyl adjacent to an activating group) is 1. The van der Waals surface area contributed by atoms with Crippen LogP contribution in [0.2, 0.25) is 0 Å². The van der Waals surface area contributed by atoms with Crippen LogP contribution in [0.5, 0.6) is 0 Å². The van der Waals surface area contributed by atoms with Crippen molar-refractivity contribution < 1.29 is 9.47 Å². The molecule has 5 nitrogen and oxygen atoms in total. The van der Waals surface area contributed by atoms with Crippen molar-refractivity contribution >= 4 is 16.3 Å². The fraction of sp³-hybridized carbons (Fsp3) is 0.667. The Labute approximate surface area is 129 Å². The fourth-order valence-electron chi connectivity index (χ4n) is 3.19. The average Bonchev–Trinajstić information content (AvgIpc) is 3.09. The van der Waals surface area contributed by atoms with Crippen molar-refractivity contribution in [1.29, 1.82) is 0 Å². The number of imidazole rings is 1. The fourth-order valence-corrected chi connectivity index (χ4v) is 3.90. The largest absolute Gasteiger partial charge is 0.381 e. The summed E-state index contributed by atoms with van der Waals surface area (Å²) in [7, 11) is 1.82. The Kier molecular flexibility index (Phi) is 4.59. The van der Waals surface area contributed by atoms with Crippen LogP contribution in [0.25, 0.3) is 4.96 Å². The van der Waals surface area contributed by atoms with Crippen LogP contribution >= 0.6 is 11.3 Å². The summed E-state index contributed by atoms with van der Waals surface area (Å²) in [4.78, 5) is 5.76. The van der Waals surface area contributed by atoms with E-state index in [1.54, 1.807) is 11.3 Å². The summed E-state index contributed by atoms with van der Waals surface area (Å²) in [6, 6.07) is 0.265. The summed E-state index contributed by atoms with van der Waals surface area (Å²) in [6.45, 7) is 4.61. The van der Waals surface area contributed by atoms with E-state index in [1.807, 2.05) is 7.11 Å². The third-order valence-electron chi connectivity index (χ3n) is 4.39. The highest BCUT2D eigenvalue weighted by molar-refractivity contribution is 7.15. The SMILES string of the molecule is CCNC(Cc1cn2ccsc2n1)C1(OC)CCOCC1. The highest BCUT2D eigenvalue weighted by atomic mass is 32.1. The predicted molar refractivity (Wildman–Crippen MR) is 84.0 cm³/mol. The third kappa shape index (κ3) is 2.99. The number of thiazole rings is 1. The molecule has 1 fully saturated rings. The zero-order valence-electron chi connectivity index (χ0n) is 12.7. The minimum Gasteiger partial charge on any atom is -0.381 e. The quantitative estimate of drug-likeness (QED) is 0.888. The van der Waals surface area contributed by atoms with Crippen LogP contribution < -0.4 is 5.32 Å². The molecule has 2 aromatic rings. The summed E-state index contributed by atoms with van der Waals surface area (Å²) in [5.74, 6) is 0. The van der Waals surface area contributed by atoms with E-state index in [0.29, 0.717) is 0 Å². The second-order valence-electron chi connectivity index (χ2n) is 5.52. The lowest BCUT2D eigenvalue weighted by atomic mass is 9.83. The Bertz CT molecular complexity index is 546. The third-order valence-corrected chi connectivity index (χ3v) is 5.16. The first-order chi connectivity index (χ1) is 10.3. The van der Waals surface area contributed by atoms with Crippen LogP contribution in [-0.2, 0) is 15.9 Å². The Morgan fingerprint density at radius 3 is 3.00 bits per heavy atom. The minimum atomic E-state index is -0.148. The zero-order chi connectivity index (χ0) is 14.7. The van der Waals surface area contributed by atoms with Gasteiger partial charge in [-0.15, -0.1) is 11.3 Å². The maximum Gasteiger partial charge on any atom is 0.193 e. The number of hydrogen-bond donors (Lipinski definition) is 1. The molecule has 0 radical (unpaired) electrons. The van der Waals surface area contributed by atoms with Gasteiger partial charge in [-0.25, -0.2) is 4.98 Å². The highest BCUT2D eigenvalue weighted by Crippen LogP contribution is 2.30. The van der Waals surface area contributed by atoms with Crippen molar-refractivity contribution in [1.82, 2.24) is 14.7 Å². The van der Waals surface area contributed by atoms with E-state index < -0.39 is 0 Å². The number of ether oxygens (including phenoxy) is 2. The molecule has 1 aliphatic rings. The molecule has 0 saturated carbocycles. The van der Waals surface area contributed by atoms with Crippen LogP contribution in [0.15, 0.2) is 17.8 Å². The molecule has 3 heterocycles. The van der Waals surface area contributed by atoms with E-state index in [4.69, 9.17) is 14.5 Å².